The molecule has 2 nitrogen and oxygen atoms in total. The molecule has 0 aliphatic rings. The first-order valence-corrected chi connectivity index (χ1v) is 4.21. The quantitative estimate of drug-likeness (QED) is 0.422. The van der Waals surface area contributed by atoms with Gasteiger partial charge < -0.3 is 10.1 Å². The molecule has 11 heavy (non-hydrogen) atoms. The van der Waals surface area contributed by atoms with Crippen molar-refractivity contribution in [1.29, 1.82) is 0 Å². The summed E-state index contributed by atoms with van der Waals surface area (Å²) in [5, 5.41) is 11.0. The van der Waals surface area contributed by atoms with Crippen molar-refractivity contribution in [2.24, 2.45) is 4.99 Å². The number of hydrogen-bond donors (Lipinski definition) is 0. The standard InChI is InChI=1S/C8H8INO/c1-10-8(11)6-2-4-7(9)5-3-6/h2-5H,1H3,(H,10,11)/p-1. The van der Waals surface area contributed by atoms with E-state index >= 15 is 0 Å². The van der Waals surface area contributed by atoms with Crippen molar-refractivity contribution in [2.45, 2.75) is 0 Å². The highest BCUT2D eigenvalue weighted by molar-refractivity contribution is 14.1. The molecule has 0 aliphatic heterocycles. The Balaban J connectivity index is 2.99. The molecule has 1 aromatic rings. The molecular formula is C8H7INO-. The van der Waals surface area contributed by atoms with Crippen LogP contribution in [0.25, 0.3) is 0 Å². The number of halogens is 1. The van der Waals surface area contributed by atoms with Gasteiger partial charge in [-0.2, -0.15) is 0 Å². The minimum atomic E-state index is -0.165. The van der Waals surface area contributed by atoms with Crippen molar-refractivity contribution >= 4 is 28.5 Å². The van der Waals surface area contributed by atoms with Gasteiger partial charge in [0.1, 0.15) is 0 Å². The molecular weight excluding hydrogens is 253 g/mol. The maximum atomic E-state index is 11.0. The second-order valence-corrected chi connectivity index (χ2v) is 3.28. The van der Waals surface area contributed by atoms with Crippen molar-refractivity contribution in [3.8, 4) is 0 Å². The van der Waals surface area contributed by atoms with E-state index in [2.05, 4.69) is 27.6 Å². The molecule has 0 aliphatic carbocycles. The first-order chi connectivity index (χ1) is 5.24. The first kappa shape index (κ1) is 8.52. The highest BCUT2D eigenvalue weighted by Gasteiger charge is 1.89. The Bertz CT molecular complexity index is 266. The minimum Gasteiger partial charge on any atom is -0.859 e. The smallest absolute Gasteiger partial charge is 0.0270 e. The lowest BCUT2D eigenvalue weighted by molar-refractivity contribution is -0.213. The summed E-state index contributed by atoms with van der Waals surface area (Å²) in [5.74, 6) is -0.165. The Hall–Kier alpha value is -0.580. The van der Waals surface area contributed by atoms with E-state index < -0.39 is 0 Å². The van der Waals surface area contributed by atoms with Crippen LogP contribution in [0.3, 0.4) is 0 Å². The number of hydrogen-bond acceptors (Lipinski definition) is 2. The molecule has 1 aromatic carbocycles. The second-order valence-electron chi connectivity index (χ2n) is 2.04. The largest absolute Gasteiger partial charge is 0.859 e. The van der Waals surface area contributed by atoms with Crippen molar-refractivity contribution < 1.29 is 5.11 Å². The molecule has 0 fully saturated rings. The summed E-state index contributed by atoms with van der Waals surface area (Å²) in [6.45, 7) is 0. The lowest BCUT2D eigenvalue weighted by Gasteiger charge is -2.08. The van der Waals surface area contributed by atoms with Crippen LogP contribution in [0.4, 0.5) is 0 Å². The average Bonchev–Trinajstić information content (AvgIpc) is 2.05. The summed E-state index contributed by atoms with van der Waals surface area (Å²) in [6.07, 6.45) is 0. The van der Waals surface area contributed by atoms with Gasteiger partial charge in [0, 0.05) is 10.6 Å². The fraction of sp³-hybridized carbons (Fsp3) is 0.125. The second kappa shape index (κ2) is 3.71. The van der Waals surface area contributed by atoms with Gasteiger partial charge in [-0.1, -0.05) is 12.1 Å². The third-order valence-corrected chi connectivity index (χ3v) is 2.01. The zero-order chi connectivity index (χ0) is 8.27. The predicted octanol–water partition coefficient (Wildman–Crippen LogP) is 1.03. The van der Waals surface area contributed by atoms with Gasteiger partial charge in [0.15, 0.2) is 0 Å². The molecule has 3 heteroatoms. The molecule has 0 N–H and O–H groups in total. The van der Waals surface area contributed by atoms with Crippen molar-refractivity contribution in [3.05, 3.63) is 33.4 Å². The maximum absolute atomic E-state index is 11.0. The Labute approximate surface area is 79.1 Å². The fourth-order valence-corrected chi connectivity index (χ4v) is 1.08. The topological polar surface area (TPSA) is 35.4 Å². The Morgan fingerprint density at radius 1 is 1.36 bits per heavy atom. The average molecular weight is 260 g/mol. The summed E-state index contributed by atoms with van der Waals surface area (Å²) < 4.78 is 1.12. The summed E-state index contributed by atoms with van der Waals surface area (Å²) in [4.78, 5) is 3.55. The van der Waals surface area contributed by atoms with Gasteiger partial charge in [-0.25, -0.2) is 0 Å². The lowest BCUT2D eigenvalue weighted by Crippen LogP contribution is -2.18. The van der Waals surface area contributed by atoms with Crippen LogP contribution in [0, 0.1) is 3.57 Å². The van der Waals surface area contributed by atoms with Gasteiger partial charge in [0.05, 0.1) is 0 Å². The van der Waals surface area contributed by atoms with E-state index in [4.69, 9.17) is 0 Å². The zero-order valence-electron chi connectivity index (χ0n) is 6.04. The van der Waals surface area contributed by atoms with Crippen molar-refractivity contribution in [3.63, 3.8) is 0 Å². The SMILES string of the molecule is CN=C([O-])c1ccc(I)cc1. The Morgan fingerprint density at radius 3 is 2.36 bits per heavy atom. The number of rotatable bonds is 1. The highest BCUT2D eigenvalue weighted by Crippen LogP contribution is 2.05. The van der Waals surface area contributed by atoms with Crippen molar-refractivity contribution in [2.75, 3.05) is 7.05 Å². The van der Waals surface area contributed by atoms with Crippen LogP contribution in [-0.2, 0) is 0 Å². The predicted molar refractivity (Wildman–Crippen MR) is 51.6 cm³/mol. The normalized spacial score (nSPS) is 11.6. The summed E-state index contributed by atoms with van der Waals surface area (Å²) in [7, 11) is 1.50. The van der Waals surface area contributed by atoms with E-state index in [0.29, 0.717) is 5.56 Å². The molecule has 58 valence electrons. The van der Waals surface area contributed by atoms with Crippen LogP contribution in [0.2, 0.25) is 0 Å². The summed E-state index contributed by atoms with van der Waals surface area (Å²) in [6, 6.07) is 7.33. The molecule has 0 spiro atoms. The number of benzene rings is 1. The Kier molecular flexibility index (Phi) is 2.87. The third-order valence-electron chi connectivity index (χ3n) is 1.29. The Morgan fingerprint density at radius 2 is 1.91 bits per heavy atom. The molecule has 0 unspecified atom stereocenters. The molecule has 0 saturated heterocycles. The molecule has 1 rings (SSSR count). The van der Waals surface area contributed by atoms with Gasteiger partial charge in [-0.05, 0) is 46.2 Å². The molecule has 0 saturated carbocycles. The van der Waals surface area contributed by atoms with Crippen LogP contribution in [0.15, 0.2) is 29.3 Å². The molecule has 0 atom stereocenters. The van der Waals surface area contributed by atoms with Crippen LogP contribution in [0.5, 0.6) is 0 Å². The van der Waals surface area contributed by atoms with E-state index in [9.17, 15) is 5.11 Å². The number of aliphatic imine (C=N–C) groups is 1. The van der Waals surface area contributed by atoms with Crippen LogP contribution in [-0.4, -0.2) is 12.9 Å². The third kappa shape index (κ3) is 2.18. The molecule has 0 radical (unpaired) electrons. The zero-order valence-corrected chi connectivity index (χ0v) is 8.20. The first-order valence-electron chi connectivity index (χ1n) is 3.14. The minimum absolute atomic E-state index is 0.165. The van der Waals surface area contributed by atoms with E-state index in [1.165, 1.54) is 7.05 Å². The lowest BCUT2D eigenvalue weighted by atomic mass is 10.2. The van der Waals surface area contributed by atoms with E-state index in [0.717, 1.165) is 3.57 Å². The summed E-state index contributed by atoms with van der Waals surface area (Å²) in [5.41, 5.74) is 0.646. The molecule has 0 amide bonds. The highest BCUT2D eigenvalue weighted by atomic mass is 127. The monoisotopic (exact) mass is 260 g/mol. The molecule has 0 aromatic heterocycles. The summed E-state index contributed by atoms with van der Waals surface area (Å²) >= 11 is 2.19. The fourth-order valence-electron chi connectivity index (χ4n) is 0.722. The van der Waals surface area contributed by atoms with Gasteiger partial charge in [0.25, 0.3) is 0 Å². The number of nitrogens with zero attached hydrogens (tertiary/aromatic N) is 1. The van der Waals surface area contributed by atoms with Gasteiger partial charge in [-0.3, -0.25) is 0 Å². The van der Waals surface area contributed by atoms with Gasteiger partial charge >= 0.3 is 0 Å². The van der Waals surface area contributed by atoms with Crippen LogP contribution >= 0.6 is 22.6 Å². The van der Waals surface area contributed by atoms with Crippen LogP contribution in [0.1, 0.15) is 5.56 Å². The van der Waals surface area contributed by atoms with E-state index in [1.807, 2.05) is 12.1 Å². The maximum Gasteiger partial charge on any atom is 0.0270 e. The molecule has 0 bridgehead atoms. The van der Waals surface area contributed by atoms with Crippen LogP contribution < -0.4 is 5.11 Å². The molecule has 0 heterocycles. The van der Waals surface area contributed by atoms with Gasteiger partial charge in [0.2, 0.25) is 0 Å². The van der Waals surface area contributed by atoms with Gasteiger partial charge in [-0.15, -0.1) is 0 Å². The van der Waals surface area contributed by atoms with Crippen molar-refractivity contribution in [1.82, 2.24) is 0 Å². The van der Waals surface area contributed by atoms with E-state index in [-0.39, 0.29) is 5.90 Å². The van der Waals surface area contributed by atoms with E-state index in [1.54, 1.807) is 12.1 Å².